The smallest absolute Gasteiger partial charge is 0.234 e. The molecule has 1 unspecified atom stereocenters. The van der Waals surface area contributed by atoms with E-state index in [0.717, 1.165) is 5.69 Å². The van der Waals surface area contributed by atoms with Crippen molar-refractivity contribution in [2.24, 2.45) is 0 Å². The van der Waals surface area contributed by atoms with E-state index in [2.05, 4.69) is 15.5 Å². The van der Waals surface area contributed by atoms with Crippen molar-refractivity contribution in [1.29, 1.82) is 0 Å². The standard InChI is InChI=1S/C24H19Cl2FN4O2S/c1-15(33-21-10-6-5-9-18(21)25)23-29-30-24(31(23)17-7-3-2-4-8-17)34-14-22(32)28-16-11-12-20(27)19(26)13-16/h2-13,15H,14H2,1H3,(H,28,32). The number of nitrogens with one attached hydrogen (secondary N) is 1. The Morgan fingerprint density at radius 2 is 1.79 bits per heavy atom. The molecule has 0 radical (unpaired) electrons. The van der Waals surface area contributed by atoms with Gasteiger partial charge in [0.15, 0.2) is 17.1 Å². The summed E-state index contributed by atoms with van der Waals surface area (Å²) in [6.07, 6.45) is -0.475. The maximum atomic E-state index is 13.4. The Kier molecular flexibility index (Phi) is 7.72. The van der Waals surface area contributed by atoms with Crippen LogP contribution in [0.4, 0.5) is 10.1 Å². The molecule has 0 aliphatic carbocycles. The van der Waals surface area contributed by atoms with Gasteiger partial charge in [-0.15, -0.1) is 10.2 Å². The number of amides is 1. The van der Waals surface area contributed by atoms with E-state index in [-0.39, 0.29) is 16.7 Å². The molecule has 3 aromatic carbocycles. The van der Waals surface area contributed by atoms with Crippen LogP contribution < -0.4 is 10.1 Å². The Morgan fingerprint density at radius 1 is 1.06 bits per heavy atom. The highest BCUT2D eigenvalue weighted by Gasteiger charge is 2.22. The van der Waals surface area contributed by atoms with Crippen molar-refractivity contribution >= 4 is 46.6 Å². The summed E-state index contributed by atoms with van der Waals surface area (Å²) in [6, 6.07) is 20.7. The van der Waals surface area contributed by atoms with Crippen molar-refractivity contribution < 1.29 is 13.9 Å². The van der Waals surface area contributed by atoms with E-state index < -0.39 is 11.9 Å². The average molecular weight is 517 g/mol. The van der Waals surface area contributed by atoms with E-state index in [1.54, 1.807) is 12.1 Å². The minimum atomic E-state index is -0.550. The first-order valence-corrected chi connectivity index (χ1v) is 12.0. The molecule has 6 nitrogen and oxygen atoms in total. The molecule has 1 amide bonds. The third-order valence-electron chi connectivity index (χ3n) is 4.71. The summed E-state index contributed by atoms with van der Waals surface area (Å²) in [5.41, 5.74) is 1.23. The molecular formula is C24H19Cl2FN4O2S. The van der Waals surface area contributed by atoms with Crippen LogP contribution in [-0.2, 0) is 4.79 Å². The van der Waals surface area contributed by atoms with Crippen molar-refractivity contribution in [3.05, 3.63) is 94.5 Å². The second-order valence-corrected chi connectivity index (χ2v) is 8.92. The van der Waals surface area contributed by atoms with Gasteiger partial charge < -0.3 is 10.1 Å². The van der Waals surface area contributed by atoms with Crippen molar-refractivity contribution in [3.63, 3.8) is 0 Å². The molecule has 34 heavy (non-hydrogen) atoms. The quantitative estimate of drug-likeness (QED) is 0.267. The predicted octanol–water partition coefficient (Wildman–Crippen LogP) is 6.58. The van der Waals surface area contributed by atoms with Crippen LogP contribution in [0.5, 0.6) is 5.75 Å². The van der Waals surface area contributed by atoms with Gasteiger partial charge in [-0.2, -0.15) is 0 Å². The van der Waals surface area contributed by atoms with Crippen LogP contribution in [0.2, 0.25) is 10.0 Å². The van der Waals surface area contributed by atoms with Crippen molar-refractivity contribution in [3.8, 4) is 11.4 Å². The molecule has 0 bridgehead atoms. The van der Waals surface area contributed by atoms with Gasteiger partial charge in [0.2, 0.25) is 5.91 Å². The fraction of sp³-hybridized carbons (Fsp3) is 0.125. The van der Waals surface area contributed by atoms with Crippen LogP contribution >= 0.6 is 35.0 Å². The van der Waals surface area contributed by atoms with E-state index >= 15 is 0 Å². The average Bonchev–Trinajstić information content (AvgIpc) is 3.26. The number of thioether (sulfide) groups is 1. The summed E-state index contributed by atoms with van der Waals surface area (Å²) in [5.74, 6) is 0.299. The number of rotatable bonds is 8. The van der Waals surface area contributed by atoms with Crippen molar-refractivity contribution in [2.75, 3.05) is 11.1 Å². The van der Waals surface area contributed by atoms with Gasteiger partial charge in [-0.1, -0.05) is 65.3 Å². The fourth-order valence-corrected chi connectivity index (χ4v) is 4.26. The van der Waals surface area contributed by atoms with Crippen LogP contribution in [0.1, 0.15) is 18.9 Å². The molecule has 174 valence electrons. The van der Waals surface area contributed by atoms with Gasteiger partial charge in [-0.05, 0) is 49.4 Å². The SMILES string of the molecule is CC(Oc1ccccc1Cl)c1nnc(SCC(=O)Nc2ccc(F)c(Cl)c2)n1-c1ccccc1. The Bertz CT molecular complexity index is 1300. The number of hydrogen-bond donors (Lipinski definition) is 1. The van der Waals surface area contributed by atoms with Crippen LogP contribution in [-0.4, -0.2) is 26.4 Å². The molecule has 4 rings (SSSR count). The normalized spacial score (nSPS) is 11.8. The van der Waals surface area contributed by atoms with Crippen LogP contribution in [0.25, 0.3) is 5.69 Å². The first-order chi connectivity index (χ1) is 16.4. The van der Waals surface area contributed by atoms with Gasteiger partial charge >= 0.3 is 0 Å². The Hall–Kier alpha value is -3.07. The summed E-state index contributed by atoms with van der Waals surface area (Å²) in [4.78, 5) is 12.5. The molecule has 0 fully saturated rings. The number of anilines is 1. The number of benzene rings is 3. The summed E-state index contributed by atoms with van der Waals surface area (Å²) >= 11 is 13.2. The topological polar surface area (TPSA) is 69.0 Å². The van der Waals surface area contributed by atoms with Gasteiger partial charge in [0.1, 0.15) is 11.6 Å². The lowest BCUT2D eigenvalue weighted by Crippen LogP contribution is -2.15. The molecule has 0 spiro atoms. The van der Waals surface area contributed by atoms with Crippen molar-refractivity contribution in [2.45, 2.75) is 18.2 Å². The molecule has 1 N–H and O–H groups in total. The van der Waals surface area contributed by atoms with Gasteiger partial charge in [0.25, 0.3) is 0 Å². The van der Waals surface area contributed by atoms with Gasteiger partial charge in [0.05, 0.1) is 15.8 Å². The molecule has 0 saturated carbocycles. The lowest BCUT2D eigenvalue weighted by molar-refractivity contribution is -0.113. The lowest BCUT2D eigenvalue weighted by atomic mass is 10.3. The van der Waals surface area contributed by atoms with Crippen molar-refractivity contribution in [1.82, 2.24) is 14.8 Å². The first-order valence-electron chi connectivity index (χ1n) is 10.2. The van der Waals surface area contributed by atoms with E-state index in [1.165, 1.54) is 30.0 Å². The summed E-state index contributed by atoms with van der Waals surface area (Å²) in [7, 11) is 0. The van der Waals surface area contributed by atoms with E-state index in [0.29, 0.717) is 27.4 Å². The first kappa shape index (κ1) is 24.1. The van der Waals surface area contributed by atoms with E-state index in [9.17, 15) is 9.18 Å². The third kappa shape index (κ3) is 5.70. The highest BCUT2D eigenvalue weighted by molar-refractivity contribution is 7.99. The highest BCUT2D eigenvalue weighted by Crippen LogP contribution is 2.31. The number of halogens is 3. The maximum Gasteiger partial charge on any atom is 0.234 e. The van der Waals surface area contributed by atoms with Crippen LogP contribution in [0, 0.1) is 5.82 Å². The minimum Gasteiger partial charge on any atom is -0.481 e. The molecule has 0 aliphatic rings. The molecule has 10 heteroatoms. The van der Waals surface area contributed by atoms with Crippen LogP contribution in [0.3, 0.4) is 0 Å². The Labute approximate surface area is 210 Å². The minimum absolute atomic E-state index is 0.0553. The van der Waals surface area contributed by atoms with E-state index in [4.69, 9.17) is 27.9 Å². The number of carbonyl (C=O) groups excluding carboxylic acids is 1. The summed E-state index contributed by atoms with van der Waals surface area (Å²) < 4.78 is 21.2. The molecule has 1 aromatic heterocycles. The highest BCUT2D eigenvalue weighted by atomic mass is 35.5. The molecule has 4 aromatic rings. The second kappa shape index (κ2) is 10.9. The lowest BCUT2D eigenvalue weighted by Gasteiger charge is -2.17. The maximum absolute atomic E-state index is 13.4. The molecule has 1 heterocycles. The molecule has 0 aliphatic heterocycles. The largest absolute Gasteiger partial charge is 0.481 e. The second-order valence-electron chi connectivity index (χ2n) is 7.17. The predicted molar refractivity (Wildman–Crippen MR) is 133 cm³/mol. The number of carbonyl (C=O) groups is 1. The fourth-order valence-electron chi connectivity index (χ4n) is 3.14. The van der Waals surface area contributed by atoms with Gasteiger partial charge in [0, 0.05) is 11.4 Å². The number of aromatic nitrogens is 3. The Balaban J connectivity index is 1.54. The van der Waals surface area contributed by atoms with Gasteiger partial charge in [-0.3, -0.25) is 9.36 Å². The number of hydrogen-bond acceptors (Lipinski definition) is 5. The monoisotopic (exact) mass is 516 g/mol. The van der Waals surface area contributed by atoms with E-state index in [1.807, 2.05) is 54.0 Å². The summed E-state index contributed by atoms with van der Waals surface area (Å²) in [6.45, 7) is 1.85. The zero-order chi connectivity index (χ0) is 24.1. The zero-order valence-electron chi connectivity index (χ0n) is 17.9. The van der Waals surface area contributed by atoms with Crippen LogP contribution in [0.15, 0.2) is 78.0 Å². The molecule has 0 saturated heterocycles. The van der Waals surface area contributed by atoms with Gasteiger partial charge in [-0.25, -0.2) is 4.39 Å². The molecular weight excluding hydrogens is 498 g/mol. The zero-order valence-corrected chi connectivity index (χ0v) is 20.2. The number of para-hydroxylation sites is 2. The Morgan fingerprint density at radius 3 is 2.53 bits per heavy atom. The molecule has 1 atom stereocenters. The number of ether oxygens (including phenoxy) is 1. The summed E-state index contributed by atoms with van der Waals surface area (Å²) in [5, 5.41) is 12.3. The number of nitrogens with zero attached hydrogens (tertiary/aromatic N) is 3. The third-order valence-corrected chi connectivity index (χ3v) is 6.24.